The van der Waals surface area contributed by atoms with Crippen molar-refractivity contribution in [1.29, 1.82) is 0 Å². The fourth-order valence-corrected chi connectivity index (χ4v) is 2.50. The number of imidazole rings is 1. The van der Waals surface area contributed by atoms with Crippen molar-refractivity contribution in [3.63, 3.8) is 0 Å². The maximum absolute atomic E-state index is 13.9. The Hall–Kier alpha value is -2.20. The van der Waals surface area contributed by atoms with Crippen LogP contribution >= 0.6 is 0 Å². The van der Waals surface area contributed by atoms with Crippen LogP contribution < -0.4 is 0 Å². The Labute approximate surface area is 123 Å². The number of halogens is 1. The number of hydrogen-bond acceptors (Lipinski definition) is 2. The molecule has 0 saturated heterocycles. The molecule has 0 bridgehead atoms. The van der Waals surface area contributed by atoms with Crippen LogP contribution in [-0.4, -0.2) is 28.5 Å². The van der Waals surface area contributed by atoms with Crippen molar-refractivity contribution in [1.82, 2.24) is 14.5 Å². The van der Waals surface area contributed by atoms with Crippen LogP contribution in [0.15, 0.2) is 48.5 Å². The summed E-state index contributed by atoms with van der Waals surface area (Å²) in [5, 5.41) is 0. The van der Waals surface area contributed by atoms with Gasteiger partial charge >= 0.3 is 0 Å². The van der Waals surface area contributed by atoms with E-state index in [1.54, 1.807) is 6.07 Å². The van der Waals surface area contributed by atoms with Gasteiger partial charge in [-0.25, -0.2) is 9.37 Å². The van der Waals surface area contributed by atoms with Crippen molar-refractivity contribution in [2.45, 2.75) is 13.1 Å². The molecular formula is C17H18FN3. The highest BCUT2D eigenvalue weighted by molar-refractivity contribution is 5.76. The molecule has 4 heteroatoms. The molecule has 0 atom stereocenters. The average Bonchev–Trinajstić information content (AvgIpc) is 2.78. The molecule has 108 valence electrons. The van der Waals surface area contributed by atoms with Gasteiger partial charge in [-0.2, -0.15) is 0 Å². The Morgan fingerprint density at radius 3 is 2.52 bits per heavy atom. The summed E-state index contributed by atoms with van der Waals surface area (Å²) in [5.74, 6) is 0.774. The molecule has 0 spiro atoms. The van der Waals surface area contributed by atoms with Crippen LogP contribution in [0.2, 0.25) is 0 Å². The first-order valence-corrected chi connectivity index (χ1v) is 6.97. The third-order valence-electron chi connectivity index (χ3n) is 3.48. The number of rotatable bonds is 4. The Balaban J connectivity index is 2.09. The molecule has 0 aliphatic rings. The summed E-state index contributed by atoms with van der Waals surface area (Å²) < 4.78 is 16.0. The lowest BCUT2D eigenvalue weighted by Gasteiger charge is -2.13. The standard InChI is InChI=1S/C17H18FN3/c1-20(2)12-17-19-15-9-5-6-10-16(15)21(17)11-13-7-3-4-8-14(13)18/h3-10H,11-12H2,1-2H3. The van der Waals surface area contributed by atoms with E-state index in [-0.39, 0.29) is 5.82 Å². The largest absolute Gasteiger partial charge is 0.322 e. The molecule has 3 nitrogen and oxygen atoms in total. The van der Waals surface area contributed by atoms with E-state index in [1.165, 1.54) is 6.07 Å². The van der Waals surface area contributed by atoms with Gasteiger partial charge in [0, 0.05) is 5.56 Å². The van der Waals surface area contributed by atoms with E-state index in [2.05, 4.69) is 14.5 Å². The molecule has 1 aromatic heterocycles. The first kappa shape index (κ1) is 13.8. The molecule has 0 saturated carbocycles. The monoisotopic (exact) mass is 283 g/mol. The van der Waals surface area contributed by atoms with Crippen LogP contribution in [0.3, 0.4) is 0 Å². The number of benzene rings is 2. The molecule has 0 unspecified atom stereocenters. The molecule has 1 heterocycles. The van der Waals surface area contributed by atoms with Gasteiger partial charge < -0.3 is 9.47 Å². The van der Waals surface area contributed by atoms with Crippen LogP contribution in [0.4, 0.5) is 4.39 Å². The van der Waals surface area contributed by atoms with Gasteiger partial charge in [0.2, 0.25) is 0 Å². The number of para-hydroxylation sites is 2. The molecule has 3 aromatic rings. The first-order valence-electron chi connectivity index (χ1n) is 6.97. The summed E-state index contributed by atoms with van der Waals surface area (Å²) in [6.45, 7) is 1.22. The highest BCUT2D eigenvalue weighted by Crippen LogP contribution is 2.19. The summed E-state index contributed by atoms with van der Waals surface area (Å²) in [5.41, 5.74) is 2.67. The van der Waals surface area contributed by atoms with Gasteiger partial charge in [-0.1, -0.05) is 30.3 Å². The zero-order valence-corrected chi connectivity index (χ0v) is 12.3. The fraction of sp³-hybridized carbons (Fsp3) is 0.235. The third kappa shape index (κ3) is 2.81. The van der Waals surface area contributed by atoms with E-state index in [1.807, 2.05) is 50.5 Å². The van der Waals surface area contributed by atoms with Gasteiger partial charge in [0.25, 0.3) is 0 Å². The molecule has 0 N–H and O–H groups in total. The van der Waals surface area contributed by atoms with Crippen molar-refractivity contribution >= 4 is 11.0 Å². The molecule has 0 aliphatic carbocycles. The maximum Gasteiger partial charge on any atom is 0.128 e. The number of nitrogens with zero attached hydrogens (tertiary/aromatic N) is 3. The minimum Gasteiger partial charge on any atom is -0.322 e. The zero-order chi connectivity index (χ0) is 14.8. The van der Waals surface area contributed by atoms with Gasteiger partial charge in [0.1, 0.15) is 11.6 Å². The summed E-state index contributed by atoms with van der Waals surface area (Å²) >= 11 is 0. The van der Waals surface area contributed by atoms with Gasteiger partial charge in [0.15, 0.2) is 0 Å². The van der Waals surface area contributed by atoms with E-state index in [0.717, 1.165) is 23.4 Å². The van der Waals surface area contributed by atoms with Crippen molar-refractivity contribution in [3.8, 4) is 0 Å². The molecule has 0 amide bonds. The first-order chi connectivity index (χ1) is 10.1. The van der Waals surface area contributed by atoms with Crippen LogP contribution in [0.5, 0.6) is 0 Å². The normalized spacial score (nSPS) is 11.4. The highest BCUT2D eigenvalue weighted by Gasteiger charge is 2.12. The van der Waals surface area contributed by atoms with Crippen molar-refractivity contribution in [2.75, 3.05) is 14.1 Å². The number of aromatic nitrogens is 2. The Kier molecular flexibility index (Phi) is 3.71. The Morgan fingerprint density at radius 1 is 1.05 bits per heavy atom. The second-order valence-corrected chi connectivity index (χ2v) is 5.43. The maximum atomic E-state index is 13.9. The summed E-state index contributed by atoms with van der Waals surface area (Å²) in [4.78, 5) is 6.75. The summed E-state index contributed by atoms with van der Waals surface area (Å²) in [7, 11) is 4.01. The van der Waals surface area contributed by atoms with Gasteiger partial charge in [-0.15, -0.1) is 0 Å². The second-order valence-electron chi connectivity index (χ2n) is 5.43. The number of fused-ring (bicyclic) bond motifs is 1. The van der Waals surface area contributed by atoms with E-state index in [4.69, 9.17) is 0 Å². The molecular weight excluding hydrogens is 265 g/mol. The summed E-state index contributed by atoms with van der Waals surface area (Å²) in [6.07, 6.45) is 0. The predicted molar refractivity (Wildman–Crippen MR) is 82.6 cm³/mol. The van der Waals surface area contributed by atoms with Gasteiger partial charge in [-0.3, -0.25) is 0 Å². The minimum absolute atomic E-state index is 0.175. The molecule has 3 rings (SSSR count). The van der Waals surface area contributed by atoms with E-state index >= 15 is 0 Å². The summed E-state index contributed by atoms with van der Waals surface area (Å²) in [6, 6.07) is 14.9. The van der Waals surface area contributed by atoms with Crippen molar-refractivity contribution in [3.05, 3.63) is 65.7 Å². The van der Waals surface area contributed by atoms with Crippen LogP contribution in [-0.2, 0) is 13.1 Å². The van der Waals surface area contributed by atoms with Gasteiger partial charge in [0.05, 0.1) is 24.1 Å². The van der Waals surface area contributed by atoms with Crippen molar-refractivity contribution < 1.29 is 4.39 Å². The molecule has 0 aliphatic heterocycles. The molecule has 0 radical (unpaired) electrons. The second kappa shape index (κ2) is 5.66. The topological polar surface area (TPSA) is 21.1 Å². The van der Waals surface area contributed by atoms with E-state index in [9.17, 15) is 4.39 Å². The molecule has 2 aromatic carbocycles. The molecule has 21 heavy (non-hydrogen) atoms. The zero-order valence-electron chi connectivity index (χ0n) is 12.3. The molecule has 0 fully saturated rings. The van der Waals surface area contributed by atoms with Gasteiger partial charge in [-0.05, 0) is 32.3 Å². The van der Waals surface area contributed by atoms with Crippen LogP contribution in [0, 0.1) is 5.82 Å². The van der Waals surface area contributed by atoms with Crippen LogP contribution in [0.1, 0.15) is 11.4 Å². The van der Waals surface area contributed by atoms with Crippen LogP contribution in [0.25, 0.3) is 11.0 Å². The quantitative estimate of drug-likeness (QED) is 0.732. The van der Waals surface area contributed by atoms with E-state index in [0.29, 0.717) is 12.1 Å². The minimum atomic E-state index is -0.175. The average molecular weight is 283 g/mol. The lowest BCUT2D eigenvalue weighted by atomic mass is 10.2. The fourth-order valence-electron chi connectivity index (χ4n) is 2.50. The lowest BCUT2D eigenvalue weighted by Crippen LogP contribution is -2.16. The smallest absolute Gasteiger partial charge is 0.128 e. The predicted octanol–water partition coefficient (Wildman–Crippen LogP) is 3.29. The third-order valence-corrected chi connectivity index (χ3v) is 3.48. The Bertz CT molecular complexity index is 762. The lowest BCUT2D eigenvalue weighted by molar-refractivity contribution is 0.383. The SMILES string of the molecule is CN(C)Cc1nc2ccccc2n1Cc1ccccc1F. The highest BCUT2D eigenvalue weighted by atomic mass is 19.1. The van der Waals surface area contributed by atoms with Crippen molar-refractivity contribution in [2.24, 2.45) is 0 Å². The number of hydrogen-bond donors (Lipinski definition) is 0. The van der Waals surface area contributed by atoms with E-state index < -0.39 is 0 Å². The Morgan fingerprint density at radius 2 is 1.76 bits per heavy atom.